The summed E-state index contributed by atoms with van der Waals surface area (Å²) in [7, 11) is 1.59. The Bertz CT molecular complexity index is 319. The number of hydrogen-bond donors (Lipinski definition) is 0. The molecule has 0 N–H and O–H groups in total. The zero-order valence-electron chi connectivity index (χ0n) is 7.32. The summed E-state index contributed by atoms with van der Waals surface area (Å²) in [5.41, 5.74) is 0.954. The van der Waals surface area contributed by atoms with Gasteiger partial charge in [0.05, 0.1) is 18.4 Å². The molecule has 5 heteroatoms. The van der Waals surface area contributed by atoms with Crippen LogP contribution in [0.2, 0.25) is 0 Å². The summed E-state index contributed by atoms with van der Waals surface area (Å²) < 4.78 is 14.9. The highest BCUT2D eigenvalue weighted by Crippen LogP contribution is 2.21. The monoisotopic (exact) mass is 182 g/mol. The van der Waals surface area contributed by atoms with Gasteiger partial charge in [0.15, 0.2) is 5.82 Å². The Morgan fingerprint density at radius 1 is 1.62 bits per heavy atom. The lowest BCUT2D eigenvalue weighted by molar-refractivity contribution is 0.174. The van der Waals surface area contributed by atoms with E-state index in [0.717, 1.165) is 12.0 Å². The molecule has 13 heavy (non-hydrogen) atoms. The highest BCUT2D eigenvalue weighted by Gasteiger charge is 2.15. The summed E-state index contributed by atoms with van der Waals surface area (Å²) in [5.74, 6) is 1.09. The minimum absolute atomic E-state index is 0.373. The molecule has 0 saturated heterocycles. The second-order valence-electron chi connectivity index (χ2n) is 2.71. The van der Waals surface area contributed by atoms with Gasteiger partial charge >= 0.3 is 0 Å². The fraction of sp³-hybridized carbons (Fsp3) is 0.500. The molecule has 0 radical (unpaired) electrons. The van der Waals surface area contributed by atoms with Gasteiger partial charge < -0.3 is 14.0 Å². The number of rotatable bonds is 3. The predicted molar refractivity (Wildman–Crippen MR) is 43.6 cm³/mol. The molecular formula is C8H10N2O3. The molecule has 2 rings (SSSR count). The number of nitrogens with zero attached hydrogens (tertiary/aromatic N) is 2. The maximum atomic E-state index is 5.06. The van der Waals surface area contributed by atoms with E-state index in [1.165, 1.54) is 0 Å². The molecule has 0 amide bonds. The molecule has 1 aliphatic rings. The van der Waals surface area contributed by atoms with Gasteiger partial charge in [-0.2, -0.15) is 4.98 Å². The average molecular weight is 182 g/mol. The van der Waals surface area contributed by atoms with Gasteiger partial charge in [0.1, 0.15) is 6.61 Å². The van der Waals surface area contributed by atoms with Crippen LogP contribution in [0.5, 0.6) is 0 Å². The van der Waals surface area contributed by atoms with Gasteiger partial charge in [-0.25, -0.2) is 0 Å². The van der Waals surface area contributed by atoms with Crippen molar-refractivity contribution in [1.82, 2.24) is 10.1 Å². The van der Waals surface area contributed by atoms with Crippen LogP contribution in [0.25, 0.3) is 5.57 Å². The van der Waals surface area contributed by atoms with E-state index in [2.05, 4.69) is 10.1 Å². The third kappa shape index (κ3) is 1.70. The van der Waals surface area contributed by atoms with Gasteiger partial charge in [-0.1, -0.05) is 5.16 Å². The highest BCUT2D eigenvalue weighted by molar-refractivity contribution is 5.58. The molecule has 5 nitrogen and oxygen atoms in total. The van der Waals surface area contributed by atoms with Gasteiger partial charge in [0, 0.05) is 13.5 Å². The number of aromatic nitrogens is 2. The highest BCUT2D eigenvalue weighted by atomic mass is 16.5. The van der Waals surface area contributed by atoms with Crippen LogP contribution in [0.4, 0.5) is 0 Å². The van der Waals surface area contributed by atoms with Crippen LogP contribution in [-0.4, -0.2) is 23.9 Å². The van der Waals surface area contributed by atoms with Crippen LogP contribution in [0.15, 0.2) is 10.8 Å². The fourth-order valence-corrected chi connectivity index (χ4v) is 1.12. The number of ether oxygens (including phenoxy) is 2. The third-order valence-corrected chi connectivity index (χ3v) is 1.73. The van der Waals surface area contributed by atoms with E-state index in [4.69, 9.17) is 14.0 Å². The fourth-order valence-electron chi connectivity index (χ4n) is 1.12. The van der Waals surface area contributed by atoms with Crippen LogP contribution in [0, 0.1) is 0 Å². The average Bonchev–Trinajstić information content (AvgIpc) is 2.70. The SMILES string of the molecule is COCc1noc(C2=COCC2)n1. The Hall–Kier alpha value is -1.36. The first-order valence-electron chi connectivity index (χ1n) is 4.02. The van der Waals surface area contributed by atoms with Crippen molar-refractivity contribution in [3.05, 3.63) is 18.0 Å². The van der Waals surface area contributed by atoms with E-state index in [9.17, 15) is 0 Å². The zero-order valence-corrected chi connectivity index (χ0v) is 7.32. The van der Waals surface area contributed by atoms with Crippen molar-refractivity contribution in [2.45, 2.75) is 13.0 Å². The van der Waals surface area contributed by atoms with Crippen molar-refractivity contribution in [2.75, 3.05) is 13.7 Å². The molecule has 0 fully saturated rings. The van der Waals surface area contributed by atoms with Gasteiger partial charge in [-0.15, -0.1) is 0 Å². The summed E-state index contributed by atoms with van der Waals surface area (Å²) in [6.45, 7) is 1.06. The van der Waals surface area contributed by atoms with E-state index in [1.807, 2.05) is 0 Å². The normalized spacial score (nSPS) is 15.6. The molecule has 1 aromatic heterocycles. The molecule has 2 heterocycles. The van der Waals surface area contributed by atoms with Gasteiger partial charge in [-0.3, -0.25) is 0 Å². The van der Waals surface area contributed by atoms with Crippen molar-refractivity contribution >= 4 is 5.57 Å². The maximum Gasteiger partial charge on any atom is 0.257 e. The Balaban J connectivity index is 2.12. The second kappa shape index (κ2) is 3.57. The molecule has 0 unspecified atom stereocenters. The Morgan fingerprint density at radius 3 is 3.23 bits per heavy atom. The van der Waals surface area contributed by atoms with E-state index in [1.54, 1.807) is 13.4 Å². The molecule has 0 aromatic carbocycles. The topological polar surface area (TPSA) is 57.4 Å². The van der Waals surface area contributed by atoms with Crippen molar-refractivity contribution in [3.8, 4) is 0 Å². The lowest BCUT2D eigenvalue weighted by Crippen LogP contribution is -1.90. The molecular weight excluding hydrogens is 172 g/mol. The van der Waals surface area contributed by atoms with E-state index in [-0.39, 0.29) is 0 Å². The Kier molecular flexibility index (Phi) is 2.27. The zero-order chi connectivity index (χ0) is 9.10. The minimum Gasteiger partial charge on any atom is -0.500 e. The number of methoxy groups -OCH3 is 1. The lowest BCUT2D eigenvalue weighted by atomic mass is 10.2. The Labute approximate surface area is 75.3 Å². The summed E-state index contributed by atoms with van der Waals surface area (Å²) in [5, 5.41) is 3.74. The van der Waals surface area contributed by atoms with Gasteiger partial charge in [0.25, 0.3) is 5.89 Å². The molecule has 1 aromatic rings. The largest absolute Gasteiger partial charge is 0.500 e. The van der Waals surface area contributed by atoms with E-state index < -0.39 is 0 Å². The van der Waals surface area contributed by atoms with Gasteiger partial charge in [-0.05, 0) is 0 Å². The van der Waals surface area contributed by atoms with Crippen LogP contribution >= 0.6 is 0 Å². The van der Waals surface area contributed by atoms with Crippen LogP contribution in [-0.2, 0) is 16.1 Å². The van der Waals surface area contributed by atoms with Crippen LogP contribution < -0.4 is 0 Å². The van der Waals surface area contributed by atoms with E-state index in [0.29, 0.717) is 24.9 Å². The lowest BCUT2D eigenvalue weighted by Gasteiger charge is -1.88. The standard InChI is InChI=1S/C8H10N2O3/c1-11-5-7-9-8(13-10-7)6-2-3-12-4-6/h4H,2-3,5H2,1H3. The van der Waals surface area contributed by atoms with E-state index >= 15 is 0 Å². The predicted octanol–water partition coefficient (Wildman–Crippen LogP) is 0.977. The molecule has 0 bridgehead atoms. The smallest absolute Gasteiger partial charge is 0.257 e. The number of hydrogen-bond acceptors (Lipinski definition) is 5. The molecule has 70 valence electrons. The molecule has 0 aliphatic carbocycles. The summed E-state index contributed by atoms with van der Waals surface area (Å²) >= 11 is 0. The first kappa shape index (κ1) is 8.25. The van der Waals surface area contributed by atoms with Crippen LogP contribution in [0.3, 0.4) is 0 Å². The quantitative estimate of drug-likeness (QED) is 0.697. The molecule has 0 atom stereocenters. The van der Waals surface area contributed by atoms with Crippen molar-refractivity contribution in [1.29, 1.82) is 0 Å². The molecule has 0 spiro atoms. The summed E-state index contributed by atoms with van der Waals surface area (Å²) in [6, 6.07) is 0. The minimum atomic E-state index is 0.373. The summed E-state index contributed by atoms with van der Waals surface area (Å²) in [6.07, 6.45) is 2.48. The van der Waals surface area contributed by atoms with Crippen molar-refractivity contribution in [3.63, 3.8) is 0 Å². The first-order chi connectivity index (χ1) is 6.40. The Morgan fingerprint density at radius 2 is 2.54 bits per heavy atom. The van der Waals surface area contributed by atoms with Crippen molar-refractivity contribution in [2.24, 2.45) is 0 Å². The first-order valence-corrected chi connectivity index (χ1v) is 4.02. The maximum absolute atomic E-state index is 5.06. The molecule has 1 aliphatic heterocycles. The third-order valence-electron chi connectivity index (χ3n) is 1.73. The molecule has 0 saturated carbocycles. The van der Waals surface area contributed by atoms with Gasteiger partial charge in [0.2, 0.25) is 0 Å². The van der Waals surface area contributed by atoms with Crippen molar-refractivity contribution < 1.29 is 14.0 Å². The summed E-state index contributed by atoms with van der Waals surface area (Å²) in [4.78, 5) is 4.13. The second-order valence-corrected chi connectivity index (χ2v) is 2.71. The van der Waals surface area contributed by atoms with Crippen LogP contribution in [0.1, 0.15) is 18.1 Å².